The Bertz CT molecular complexity index is 513. The normalized spacial score (nSPS) is 14.2. The van der Waals surface area contributed by atoms with E-state index < -0.39 is 12.2 Å². The van der Waals surface area contributed by atoms with E-state index in [0.717, 1.165) is 5.56 Å². The lowest BCUT2D eigenvalue weighted by atomic mass is 10.2. The zero-order valence-electron chi connectivity index (χ0n) is 11.4. The van der Waals surface area contributed by atoms with Gasteiger partial charge in [-0.1, -0.05) is 35.5 Å². The Hall–Kier alpha value is -1.76. The topological polar surface area (TPSA) is 80.4 Å². The molecule has 0 aliphatic rings. The van der Waals surface area contributed by atoms with Gasteiger partial charge in [-0.3, -0.25) is 0 Å². The maximum absolute atomic E-state index is 9.85. The van der Waals surface area contributed by atoms with Crippen LogP contribution in [0.15, 0.2) is 36.5 Å². The molecule has 20 heavy (non-hydrogen) atoms. The molecular weight excluding hydrogens is 258 g/mol. The molecule has 2 unspecified atom stereocenters. The predicted octanol–water partition coefficient (Wildman–Crippen LogP) is 0.909. The molecule has 0 saturated heterocycles. The summed E-state index contributed by atoms with van der Waals surface area (Å²) in [6.45, 7) is 2.59. The van der Waals surface area contributed by atoms with Crippen LogP contribution in [0.5, 0.6) is 0 Å². The van der Waals surface area contributed by atoms with E-state index in [2.05, 4.69) is 10.3 Å². The minimum atomic E-state index is -0.665. The molecule has 2 rings (SSSR count). The molecule has 1 aromatic carbocycles. The number of aliphatic hydroxyl groups is 2. The van der Waals surface area contributed by atoms with Crippen LogP contribution >= 0.6 is 0 Å². The number of nitrogens with zero attached hydrogens (tertiary/aromatic N) is 3. The molecule has 1 heterocycles. The minimum absolute atomic E-state index is 0.221. The third kappa shape index (κ3) is 4.41. The number of hydrogen-bond donors (Lipinski definition) is 2. The van der Waals surface area contributed by atoms with E-state index in [-0.39, 0.29) is 13.2 Å². The Balaban J connectivity index is 1.73. The van der Waals surface area contributed by atoms with Gasteiger partial charge < -0.3 is 14.9 Å². The van der Waals surface area contributed by atoms with Crippen LogP contribution in [0.2, 0.25) is 0 Å². The molecule has 0 aliphatic carbocycles. The van der Waals surface area contributed by atoms with Crippen LogP contribution in [0.1, 0.15) is 24.3 Å². The molecule has 6 heteroatoms. The van der Waals surface area contributed by atoms with E-state index in [1.165, 1.54) is 4.68 Å². The lowest BCUT2D eigenvalue weighted by Crippen LogP contribution is -2.22. The first-order valence-corrected chi connectivity index (χ1v) is 6.53. The molecule has 0 bridgehead atoms. The van der Waals surface area contributed by atoms with Crippen LogP contribution in [-0.2, 0) is 17.9 Å². The van der Waals surface area contributed by atoms with Crippen molar-refractivity contribution in [2.24, 2.45) is 0 Å². The molecule has 0 spiro atoms. The van der Waals surface area contributed by atoms with E-state index >= 15 is 0 Å². The summed E-state index contributed by atoms with van der Waals surface area (Å²) in [4.78, 5) is 0. The Morgan fingerprint density at radius 1 is 1.25 bits per heavy atom. The highest BCUT2D eigenvalue weighted by molar-refractivity contribution is 5.13. The summed E-state index contributed by atoms with van der Waals surface area (Å²) < 4.78 is 6.95. The van der Waals surface area contributed by atoms with Crippen molar-refractivity contribution in [3.63, 3.8) is 0 Å². The van der Waals surface area contributed by atoms with Crippen molar-refractivity contribution in [2.45, 2.75) is 32.3 Å². The molecule has 0 saturated carbocycles. The highest BCUT2D eigenvalue weighted by Gasteiger charge is 2.10. The monoisotopic (exact) mass is 277 g/mol. The molecule has 0 fully saturated rings. The fourth-order valence-electron chi connectivity index (χ4n) is 1.75. The van der Waals surface area contributed by atoms with E-state index in [1.807, 2.05) is 30.3 Å². The van der Waals surface area contributed by atoms with Gasteiger partial charge in [0.15, 0.2) is 0 Å². The number of hydrogen-bond acceptors (Lipinski definition) is 5. The van der Waals surface area contributed by atoms with Crippen molar-refractivity contribution in [3.8, 4) is 0 Å². The first kappa shape index (κ1) is 14.6. The van der Waals surface area contributed by atoms with Crippen molar-refractivity contribution in [1.82, 2.24) is 15.0 Å². The summed E-state index contributed by atoms with van der Waals surface area (Å²) in [6.07, 6.45) is 0.294. The van der Waals surface area contributed by atoms with Gasteiger partial charge in [0.05, 0.1) is 38.2 Å². The first-order valence-electron chi connectivity index (χ1n) is 6.53. The standard InChI is InChI=1S/C14H19N3O3/c1-11(18)14-8-17(16-15-14)7-13(19)10-20-9-12-5-3-2-4-6-12/h2-6,8,11,13,18-19H,7,9-10H2,1H3. The molecule has 1 aromatic heterocycles. The average molecular weight is 277 g/mol. The second kappa shape index (κ2) is 7.14. The van der Waals surface area contributed by atoms with Crippen LogP contribution < -0.4 is 0 Å². The zero-order chi connectivity index (χ0) is 14.4. The number of aromatic nitrogens is 3. The van der Waals surface area contributed by atoms with Gasteiger partial charge in [-0.05, 0) is 12.5 Å². The lowest BCUT2D eigenvalue weighted by molar-refractivity contribution is 0.0184. The SMILES string of the molecule is CC(O)c1cn(CC(O)COCc2ccccc2)nn1. The third-order valence-electron chi connectivity index (χ3n) is 2.80. The second-order valence-electron chi connectivity index (χ2n) is 4.70. The van der Waals surface area contributed by atoms with E-state index in [4.69, 9.17) is 4.74 Å². The van der Waals surface area contributed by atoms with Gasteiger partial charge in [0.2, 0.25) is 0 Å². The number of ether oxygens (including phenoxy) is 1. The summed E-state index contributed by atoms with van der Waals surface area (Å²) in [5.41, 5.74) is 1.55. The number of benzene rings is 1. The van der Waals surface area contributed by atoms with Crippen molar-refractivity contribution in [3.05, 3.63) is 47.8 Å². The van der Waals surface area contributed by atoms with Gasteiger partial charge in [-0.25, -0.2) is 4.68 Å². The summed E-state index contributed by atoms with van der Waals surface area (Å²) in [7, 11) is 0. The summed E-state index contributed by atoms with van der Waals surface area (Å²) in [6, 6.07) is 9.78. The van der Waals surface area contributed by atoms with Crippen LogP contribution in [0, 0.1) is 0 Å². The molecule has 2 N–H and O–H groups in total. The summed E-state index contributed by atoms with van der Waals surface area (Å²) >= 11 is 0. The molecule has 6 nitrogen and oxygen atoms in total. The van der Waals surface area contributed by atoms with Crippen LogP contribution in [0.25, 0.3) is 0 Å². The fourth-order valence-corrected chi connectivity index (χ4v) is 1.75. The molecule has 0 aliphatic heterocycles. The van der Waals surface area contributed by atoms with Gasteiger partial charge in [0, 0.05) is 0 Å². The Morgan fingerprint density at radius 2 is 2.00 bits per heavy atom. The summed E-state index contributed by atoms with van der Waals surface area (Å²) in [5, 5.41) is 26.8. The minimum Gasteiger partial charge on any atom is -0.389 e. The van der Waals surface area contributed by atoms with Crippen LogP contribution in [0.4, 0.5) is 0 Å². The van der Waals surface area contributed by atoms with Crippen molar-refractivity contribution >= 4 is 0 Å². The molecule has 0 radical (unpaired) electrons. The first-order chi connectivity index (χ1) is 9.65. The van der Waals surface area contributed by atoms with Crippen molar-refractivity contribution in [1.29, 1.82) is 0 Å². The fraction of sp³-hybridized carbons (Fsp3) is 0.429. The highest BCUT2D eigenvalue weighted by Crippen LogP contribution is 2.07. The largest absolute Gasteiger partial charge is 0.389 e. The van der Waals surface area contributed by atoms with E-state index in [0.29, 0.717) is 12.3 Å². The van der Waals surface area contributed by atoms with Gasteiger partial charge in [0.1, 0.15) is 5.69 Å². The third-order valence-corrected chi connectivity index (χ3v) is 2.80. The second-order valence-corrected chi connectivity index (χ2v) is 4.70. The van der Waals surface area contributed by atoms with Crippen molar-refractivity contribution in [2.75, 3.05) is 6.61 Å². The smallest absolute Gasteiger partial charge is 0.111 e. The predicted molar refractivity (Wildman–Crippen MR) is 72.8 cm³/mol. The van der Waals surface area contributed by atoms with E-state index in [9.17, 15) is 10.2 Å². The molecular formula is C14H19N3O3. The number of aliphatic hydroxyl groups excluding tert-OH is 2. The van der Waals surface area contributed by atoms with Gasteiger partial charge >= 0.3 is 0 Å². The molecule has 0 amide bonds. The Labute approximate surface area is 117 Å². The van der Waals surface area contributed by atoms with Gasteiger partial charge in [-0.2, -0.15) is 0 Å². The number of rotatable bonds is 7. The lowest BCUT2D eigenvalue weighted by Gasteiger charge is -2.11. The van der Waals surface area contributed by atoms with Gasteiger partial charge in [-0.15, -0.1) is 5.10 Å². The van der Waals surface area contributed by atoms with Gasteiger partial charge in [0.25, 0.3) is 0 Å². The maximum atomic E-state index is 9.85. The average Bonchev–Trinajstić information content (AvgIpc) is 2.88. The van der Waals surface area contributed by atoms with Crippen LogP contribution in [-0.4, -0.2) is 37.9 Å². The van der Waals surface area contributed by atoms with Crippen LogP contribution in [0.3, 0.4) is 0 Å². The quantitative estimate of drug-likeness (QED) is 0.786. The Kier molecular flexibility index (Phi) is 5.23. The summed E-state index contributed by atoms with van der Waals surface area (Å²) in [5.74, 6) is 0. The van der Waals surface area contributed by atoms with E-state index in [1.54, 1.807) is 13.1 Å². The Morgan fingerprint density at radius 3 is 2.65 bits per heavy atom. The highest BCUT2D eigenvalue weighted by atomic mass is 16.5. The maximum Gasteiger partial charge on any atom is 0.111 e. The molecule has 2 aromatic rings. The molecule has 2 atom stereocenters. The van der Waals surface area contributed by atoms with Crippen molar-refractivity contribution < 1.29 is 14.9 Å². The zero-order valence-corrected chi connectivity index (χ0v) is 11.4. The molecule has 108 valence electrons.